The van der Waals surface area contributed by atoms with E-state index in [9.17, 15) is 9.59 Å². The summed E-state index contributed by atoms with van der Waals surface area (Å²) in [5.41, 5.74) is 0.309. The molecule has 1 aliphatic rings. The van der Waals surface area contributed by atoms with Crippen molar-refractivity contribution in [2.45, 2.75) is 45.2 Å². The van der Waals surface area contributed by atoms with E-state index < -0.39 is 0 Å². The number of rotatable bonds is 6. The predicted octanol–water partition coefficient (Wildman–Crippen LogP) is 0.996. The van der Waals surface area contributed by atoms with Gasteiger partial charge in [-0.25, -0.2) is 4.98 Å². The third kappa shape index (κ3) is 4.01. The van der Waals surface area contributed by atoms with E-state index in [4.69, 9.17) is 0 Å². The van der Waals surface area contributed by atoms with E-state index in [0.29, 0.717) is 24.7 Å². The Bertz CT molecular complexity index is 471. The molecule has 2 rings (SSSR count). The minimum atomic E-state index is -0.188. The van der Waals surface area contributed by atoms with E-state index in [1.165, 1.54) is 18.6 Å². The SMILES string of the molecule is CC(C)N(CCC(=O)NC1CC1)C(=O)c1cnccn1. The zero-order valence-corrected chi connectivity index (χ0v) is 11.9. The van der Waals surface area contributed by atoms with Crippen LogP contribution in [0.15, 0.2) is 18.6 Å². The summed E-state index contributed by atoms with van der Waals surface area (Å²) in [5, 5.41) is 2.92. The van der Waals surface area contributed by atoms with Crippen LogP contribution in [0.3, 0.4) is 0 Å². The van der Waals surface area contributed by atoms with Crippen molar-refractivity contribution in [1.82, 2.24) is 20.2 Å². The molecule has 108 valence electrons. The molecule has 1 heterocycles. The van der Waals surface area contributed by atoms with Gasteiger partial charge in [0.2, 0.25) is 5.91 Å². The second kappa shape index (κ2) is 6.45. The summed E-state index contributed by atoms with van der Waals surface area (Å²) in [4.78, 5) is 33.6. The number of carbonyl (C=O) groups excluding carboxylic acids is 2. The summed E-state index contributed by atoms with van der Waals surface area (Å²) in [5.74, 6) is -0.183. The fourth-order valence-electron chi connectivity index (χ4n) is 1.90. The molecule has 1 N–H and O–H groups in total. The van der Waals surface area contributed by atoms with Crippen LogP contribution in [0, 0.1) is 0 Å². The molecule has 6 heteroatoms. The number of amides is 2. The molecule has 0 aromatic carbocycles. The van der Waals surface area contributed by atoms with Crippen LogP contribution in [0.4, 0.5) is 0 Å². The Balaban J connectivity index is 1.92. The van der Waals surface area contributed by atoms with E-state index in [0.717, 1.165) is 12.8 Å². The molecule has 20 heavy (non-hydrogen) atoms. The first kappa shape index (κ1) is 14.4. The second-order valence-electron chi connectivity index (χ2n) is 5.27. The van der Waals surface area contributed by atoms with E-state index in [1.54, 1.807) is 4.90 Å². The lowest BCUT2D eigenvalue weighted by Crippen LogP contribution is -2.40. The Labute approximate surface area is 118 Å². The smallest absolute Gasteiger partial charge is 0.274 e. The lowest BCUT2D eigenvalue weighted by Gasteiger charge is -2.26. The zero-order valence-electron chi connectivity index (χ0n) is 11.9. The molecule has 0 bridgehead atoms. The van der Waals surface area contributed by atoms with Gasteiger partial charge in [-0.1, -0.05) is 0 Å². The fraction of sp³-hybridized carbons (Fsp3) is 0.571. The summed E-state index contributed by atoms with van der Waals surface area (Å²) in [6.07, 6.45) is 6.92. The molecule has 0 atom stereocenters. The van der Waals surface area contributed by atoms with Crippen LogP contribution >= 0.6 is 0 Å². The molecule has 2 amide bonds. The molecule has 6 nitrogen and oxygen atoms in total. The van der Waals surface area contributed by atoms with Gasteiger partial charge in [-0.15, -0.1) is 0 Å². The molecular weight excluding hydrogens is 256 g/mol. The summed E-state index contributed by atoms with van der Waals surface area (Å²) in [6, 6.07) is 0.365. The summed E-state index contributed by atoms with van der Waals surface area (Å²) < 4.78 is 0. The van der Waals surface area contributed by atoms with Crippen molar-refractivity contribution in [3.63, 3.8) is 0 Å². The molecule has 0 unspecified atom stereocenters. The van der Waals surface area contributed by atoms with Gasteiger partial charge in [0.1, 0.15) is 5.69 Å². The van der Waals surface area contributed by atoms with Gasteiger partial charge in [-0.05, 0) is 26.7 Å². The van der Waals surface area contributed by atoms with Crippen molar-refractivity contribution in [3.8, 4) is 0 Å². The van der Waals surface area contributed by atoms with Crippen LogP contribution in [0.1, 0.15) is 43.6 Å². The number of nitrogens with zero attached hydrogens (tertiary/aromatic N) is 3. The Morgan fingerprint density at radius 2 is 2.15 bits per heavy atom. The first-order valence-electron chi connectivity index (χ1n) is 6.94. The monoisotopic (exact) mass is 276 g/mol. The molecule has 0 saturated heterocycles. The lowest BCUT2D eigenvalue weighted by atomic mass is 10.2. The number of hydrogen-bond donors (Lipinski definition) is 1. The maximum atomic E-state index is 12.3. The molecule has 0 spiro atoms. The maximum Gasteiger partial charge on any atom is 0.274 e. The zero-order chi connectivity index (χ0) is 14.5. The van der Waals surface area contributed by atoms with E-state index in [-0.39, 0.29) is 17.9 Å². The van der Waals surface area contributed by atoms with Gasteiger partial charge in [0, 0.05) is 37.4 Å². The highest BCUT2D eigenvalue weighted by Crippen LogP contribution is 2.18. The molecule has 1 aliphatic carbocycles. The van der Waals surface area contributed by atoms with Gasteiger partial charge in [0.25, 0.3) is 5.91 Å². The van der Waals surface area contributed by atoms with Gasteiger partial charge in [0.05, 0.1) is 6.20 Å². The van der Waals surface area contributed by atoms with Crippen molar-refractivity contribution in [2.75, 3.05) is 6.54 Å². The minimum absolute atomic E-state index is 0.00472. The van der Waals surface area contributed by atoms with Crippen LogP contribution in [0.5, 0.6) is 0 Å². The van der Waals surface area contributed by atoms with Crippen molar-refractivity contribution in [1.29, 1.82) is 0 Å². The first-order chi connectivity index (χ1) is 9.58. The standard InChI is InChI=1S/C14H20N4O2/c1-10(2)18(8-5-13(19)17-11-3-4-11)14(20)12-9-15-6-7-16-12/h6-7,9-11H,3-5,8H2,1-2H3,(H,17,19). The molecule has 1 aromatic heterocycles. The number of aromatic nitrogens is 2. The summed E-state index contributed by atoms with van der Waals surface area (Å²) >= 11 is 0. The fourth-order valence-corrected chi connectivity index (χ4v) is 1.90. The van der Waals surface area contributed by atoms with Crippen molar-refractivity contribution in [3.05, 3.63) is 24.3 Å². The molecule has 0 radical (unpaired) electrons. The van der Waals surface area contributed by atoms with Crippen LogP contribution < -0.4 is 5.32 Å². The molecule has 1 fully saturated rings. The number of hydrogen-bond acceptors (Lipinski definition) is 4. The normalized spacial score (nSPS) is 14.2. The third-order valence-corrected chi connectivity index (χ3v) is 3.19. The third-order valence-electron chi connectivity index (χ3n) is 3.19. The van der Waals surface area contributed by atoms with Gasteiger partial charge in [0.15, 0.2) is 0 Å². The highest BCUT2D eigenvalue weighted by Gasteiger charge is 2.25. The largest absolute Gasteiger partial charge is 0.353 e. The maximum absolute atomic E-state index is 12.3. The van der Waals surface area contributed by atoms with Crippen molar-refractivity contribution < 1.29 is 9.59 Å². The average Bonchev–Trinajstić information content (AvgIpc) is 3.23. The topological polar surface area (TPSA) is 75.2 Å². The molecule has 0 aliphatic heterocycles. The van der Waals surface area contributed by atoms with Gasteiger partial charge in [-0.3, -0.25) is 14.6 Å². The van der Waals surface area contributed by atoms with E-state index in [2.05, 4.69) is 15.3 Å². The van der Waals surface area contributed by atoms with E-state index >= 15 is 0 Å². The Kier molecular flexibility index (Phi) is 4.65. The number of carbonyl (C=O) groups is 2. The Hall–Kier alpha value is -1.98. The van der Waals surface area contributed by atoms with Gasteiger partial charge >= 0.3 is 0 Å². The van der Waals surface area contributed by atoms with Crippen LogP contribution in [0.2, 0.25) is 0 Å². The quantitative estimate of drug-likeness (QED) is 0.841. The Morgan fingerprint density at radius 1 is 1.40 bits per heavy atom. The second-order valence-corrected chi connectivity index (χ2v) is 5.27. The average molecular weight is 276 g/mol. The van der Waals surface area contributed by atoms with Gasteiger partial charge < -0.3 is 10.2 Å². The highest BCUT2D eigenvalue weighted by molar-refractivity contribution is 5.92. The van der Waals surface area contributed by atoms with Crippen molar-refractivity contribution >= 4 is 11.8 Å². The molecule has 1 saturated carbocycles. The van der Waals surface area contributed by atoms with E-state index in [1.807, 2.05) is 13.8 Å². The number of nitrogens with one attached hydrogen (secondary N) is 1. The summed E-state index contributed by atoms with van der Waals surface area (Å²) in [6.45, 7) is 4.24. The predicted molar refractivity (Wildman–Crippen MR) is 74.0 cm³/mol. The van der Waals surface area contributed by atoms with Crippen LogP contribution in [-0.4, -0.2) is 45.3 Å². The lowest BCUT2D eigenvalue weighted by molar-refractivity contribution is -0.121. The van der Waals surface area contributed by atoms with Crippen LogP contribution in [-0.2, 0) is 4.79 Å². The molecule has 1 aromatic rings. The summed E-state index contributed by atoms with van der Waals surface area (Å²) in [7, 11) is 0. The molecular formula is C14H20N4O2. The Morgan fingerprint density at radius 3 is 2.70 bits per heavy atom. The first-order valence-corrected chi connectivity index (χ1v) is 6.94. The van der Waals surface area contributed by atoms with Gasteiger partial charge in [-0.2, -0.15) is 0 Å². The van der Waals surface area contributed by atoms with Crippen LogP contribution in [0.25, 0.3) is 0 Å². The minimum Gasteiger partial charge on any atom is -0.353 e. The highest BCUT2D eigenvalue weighted by atomic mass is 16.2. The van der Waals surface area contributed by atoms with Crippen molar-refractivity contribution in [2.24, 2.45) is 0 Å².